The number of amides is 1. The first-order chi connectivity index (χ1) is 11.6. The lowest BCUT2D eigenvalue weighted by atomic mass is 9.92. The number of likely N-dealkylation sites (tertiary alicyclic amines) is 2. The molecular weight excluding hydrogens is 296 g/mol. The normalized spacial score (nSPS) is 32.8. The summed E-state index contributed by atoms with van der Waals surface area (Å²) in [4.78, 5) is 18.2. The second kappa shape index (κ2) is 6.18. The summed E-state index contributed by atoms with van der Waals surface area (Å²) in [5.41, 5.74) is 1.02. The fourth-order valence-corrected chi connectivity index (χ4v) is 5.13. The third-order valence-electron chi connectivity index (χ3n) is 6.61. The van der Waals surface area contributed by atoms with Crippen molar-refractivity contribution in [2.24, 2.45) is 0 Å². The Morgan fingerprint density at radius 3 is 2.33 bits per heavy atom. The van der Waals surface area contributed by atoms with Gasteiger partial charge in [-0.05, 0) is 57.9 Å². The van der Waals surface area contributed by atoms with Crippen LogP contribution < -0.4 is 0 Å². The predicted octanol–water partition coefficient (Wildman–Crippen LogP) is 3.58. The highest BCUT2D eigenvalue weighted by molar-refractivity contribution is 5.91. The SMILES string of the molecule is C[C@@H]1CC[C@H](C)N1[C@@H]1CCCN(C(=O)C2(c3ccccc3)CC2)C1. The van der Waals surface area contributed by atoms with Gasteiger partial charge in [0.05, 0.1) is 5.41 Å². The van der Waals surface area contributed by atoms with Gasteiger partial charge in [0.15, 0.2) is 0 Å². The molecule has 0 aromatic heterocycles. The van der Waals surface area contributed by atoms with Gasteiger partial charge < -0.3 is 4.90 Å². The Morgan fingerprint density at radius 2 is 1.71 bits per heavy atom. The third-order valence-corrected chi connectivity index (χ3v) is 6.61. The summed E-state index contributed by atoms with van der Waals surface area (Å²) in [5, 5.41) is 0. The molecule has 3 atom stereocenters. The van der Waals surface area contributed by atoms with Crippen molar-refractivity contribution in [1.82, 2.24) is 9.80 Å². The number of hydrogen-bond acceptors (Lipinski definition) is 2. The van der Waals surface area contributed by atoms with Crippen molar-refractivity contribution in [1.29, 1.82) is 0 Å². The fraction of sp³-hybridized carbons (Fsp3) is 0.667. The summed E-state index contributed by atoms with van der Waals surface area (Å²) >= 11 is 0. The number of hydrogen-bond donors (Lipinski definition) is 0. The van der Waals surface area contributed by atoms with Crippen molar-refractivity contribution in [3.05, 3.63) is 35.9 Å². The van der Waals surface area contributed by atoms with Crippen molar-refractivity contribution in [2.75, 3.05) is 13.1 Å². The van der Waals surface area contributed by atoms with Crippen molar-refractivity contribution in [3.63, 3.8) is 0 Å². The van der Waals surface area contributed by atoms with Crippen LogP contribution in [-0.4, -0.2) is 46.9 Å². The van der Waals surface area contributed by atoms with Gasteiger partial charge in [-0.25, -0.2) is 0 Å². The Morgan fingerprint density at radius 1 is 1.04 bits per heavy atom. The summed E-state index contributed by atoms with van der Waals surface area (Å²) in [7, 11) is 0. The first-order valence-electron chi connectivity index (χ1n) is 9.74. The standard InChI is InChI=1S/C21H30N2O/c1-16-10-11-17(2)23(16)19-9-6-14-22(15-19)20(24)21(12-13-21)18-7-4-3-5-8-18/h3-5,7-8,16-17,19H,6,9-15H2,1-2H3/t16-,17+,19-/m1/s1. The van der Waals surface area contributed by atoms with E-state index in [0.29, 0.717) is 24.0 Å². The summed E-state index contributed by atoms with van der Waals surface area (Å²) in [6, 6.07) is 12.3. The van der Waals surface area contributed by atoms with E-state index in [1.54, 1.807) is 0 Å². The Bertz CT molecular complexity index is 585. The van der Waals surface area contributed by atoms with Gasteiger partial charge in [-0.1, -0.05) is 30.3 Å². The summed E-state index contributed by atoms with van der Waals surface area (Å²) < 4.78 is 0. The Labute approximate surface area is 146 Å². The average Bonchev–Trinajstić information content (AvgIpc) is 3.36. The molecule has 3 nitrogen and oxygen atoms in total. The van der Waals surface area contributed by atoms with Gasteiger partial charge >= 0.3 is 0 Å². The van der Waals surface area contributed by atoms with E-state index in [-0.39, 0.29) is 5.41 Å². The van der Waals surface area contributed by atoms with Crippen LogP contribution in [0, 0.1) is 0 Å². The highest BCUT2D eigenvalue weighted by atomic mass is 16.2. The fourth-order valence-electron chi connectivity index (χ4n) is 5.13. The smallest absolute Gasteiger partial charge is 0.233 e. The molecule has 3 heteroatoms. The van der Waals surface area contributed by atoms with E-state index in [0.717, 1.165) is 32.4 Å². The van der Waals surface area contributed by atoms with Crippen LogP contribution in [-0.2, 0) is 10.2 Å². The molecule has 0 N–H and O–H groups in total. The van der Waals surface area contributed by atoms with Gasteiger partial charge in [-0.3, -0.25) is 9.69 Å². The minimum atomic E-state index is -0.203. The Hall–Kier alpha value is -1.35. The van der Waals surface area contributed by atoms with Gasteiger partial charge in [-0.2, -0.15) is 0 Å². The molecule has 2 heterocycles. The van der Waals surface area contributed by atoms with Crippen LogP contribution in [0.25, 0.3) is 0 Å². The Balaban J connectivity index is 1.49. The lowest BCUT2D eigenvalue weighted by molar-refractivity contribution is -0.136. The molecule has 1 aromatic carbocycles. The summed E-state index contributed by atoms with van der Waals surface area (Å²) in [5.74, 6) is 0.387. The molecule has 1 saturated carbocycles. The molecular formula is C21H30N2O. The topological polar surface area (TPSA) is 23.6 Å². The van der Waals surface area contributed by atoms with Crippen LogP contribution in [0.1, 0.15) is 57.9 Å². The quantitative estimate of drug-likeness (QED) is 0.847. The second-order valence-corrected chi connectivity index (χ2v) is 8.22. The number of rotatable bonds is 3. The monoisotopic (exact) mass is 326 g/mol. The van der Waals surface area contributed by atoms with E-state index in [1.807, 2.05) is 6.07 Å². The largest absolute Gasteiger partial charge is 0.340 e. The molecule has 1 amide bonds. The van der Waals surface area contributed by atoms with E-state index in [9.17, 15) is 4.79 Å². The minimum absolute atomic E-state index is 0.203. The van der Waals surface area contributed by atoms with Crippen molar-refractivity contribution < 1.29 is 4.79 Å². The van der Waals surface area contributed by atoms with Crippen LogP contribution in [0.4, 0.5) is 0 Å². The van der Waals surface area contributed by atoms with E-state index < -0.39 is 0 Å². The van der Waals surface area contributed by atoms with Crippen molar-refractivity contribution >= 4 is 5.91 Å². The van der Waals surface area contributed by atoms with Crippen LogP contribution in [0.3, 0.4) is 0 Å². The van der Waals surface area contributed by atoms with E-state index in [2.05, 4.69) is 47.9 Å². The average molecular weight is 326 g/mol. The molecule has 24 heavy (non-hydrogen) atoms. The number of piperidine rings is 1. The van der Waals surface area contributed by atoms with Gasteiger partial charge in [0.1, 0.15) is 0 Å². The molecule has 4 rings (SSSR count). The first kappa shape index (κ1) is 16.1. The molecule has 2 saturated heterocycles. The van der Waals surface area contributed by atoms with Gasteiger partial charge in [0.25, 0.3) is 0 Å². The van der Waals surface area contributed by atoms with E-state index in [1.165, 1.54) is 24.8 Å². The second-order valence-electron chi connectivity index (χ2n) is 8.22. The maximum absolute atomic E-state index is 13.3. The number of nitrogens with zero attached hydrogens (tertiary/aromatic N) is 2. The van der Waals surface area contributed by atoms with Crippen LogP contribution in [0.2, 0.25) is 0 Å². The van der Waals surface area contributed by atoms with Crippen LogP contribution in [0.15, 0.2) is 30.3 Å². The zero-order valence-corrected chi connectivity index (χ0v) is 15.1. The molecule has 3 fully saturated rings. The van der Waals surface area contributed by atoms with Gasteiger partial charge in [0, 0.05) is 31.2 Å². The maximum atomic E-state index is 13.3. The number of carbonyl (C=O) groups excluding carboxylic acids is 1. The van der Waals surface area contributed by atoms with Crippen LogP contribution >= 0.6 is 0 Å². The van der Waals surface area contributed by atoms with E-state index in [4.69, 9.17) is 0 Å². The zero-order valence-electron chi connectivity index (χ0n) is 15.1. The molecule has 2 aliphatic heterocycles. The third kappa shape index (κ3) is 2.67. The molecule has 1 aromatic rings. The predicted molar refractivity (Wildman–Crippen MR) is 97.0 cm³/mol. The summed E-state index contributed by atoms with van der Waals surface area (Å²) in [6.45, 7) is 6.59. The van der Waals surface area contributed by atoms with Crippen molar-refractivity contribution in [2.45, 2.75) is 75.9 Å². The molecule has 0 spiro atoms. The molecule has 0 unspecified atom stereocenters. The first-order valence-corrected chi connectivity index (χ1v) is 9.74. The zero-order chi connectivity index (χ0) is 16.7. The lowest BCUT2D eigenvalue weighted by Gasteiger charge is -2.42. The molecule has 1 aliphatic carbocycles. The molecule has 0 radical (unpaired) electrons. The van der Waals surface area contributed by atoms with Gasteiger partial charge in [-0.15, -0.1) is 0 Å². The van der Waals surface area contributed by atoms with Crippen LogP contribution in [0.5, 0.6) is 0 Å². The Kier molecular flexibility index (Phi) is 4.16. The lowest BCUT2D eigenvalue weighted by Crippen LogP contribution is -2.54. The van der Waals surface area contributed by atoms with Gasteiger partial charge in [0.2, 0.25) is 5.91 Å². The number of benzene rings is 1. The molecule has 0 bridgehead atoms. The summed E-state index contributed by atoms with van der Waals surface area (Å²) in [6.07, 6.45) is 7.05. The minimum Gasteiger partial charge on any atom is -0.340 e. The van der Waals surface area contributed by atoms with Crippen molar-refractivity contribution in [3.8, 4) is 0 Å². The highest BCUT2D eigenvalue weighted by Gasteiger charge is 2.53. The van der Waals surface area contributed by atoms with E-state index >= 15 is 0 Å². The molecule has 3 aliphatic rings. The highest BCUT2D eigenvalue weighted by Crippen LogP contribution is 2.50. The molecule has 130 valence electrons. The maximum Gasteiger partial charge on any atom is 0.233 e. The number of carbonyl (C=O) groups is 1.